The first kappa shape index (κ1) is 23.8. The van der Waals surface area contributed by atoms with Gasteiger partial charge < -0.3 is 20.7 Å². The van der Waals surface area contributed by atoms with Gasteiger partial charge in [0.2, 0.25) is 0 Å². The number of benzene rings is 2. The number of urea groups is 1. The van der Waals surface area contributed by atoms with Crippen molar-refractivity contribution in [3.8, 4) is 5.75 Å². The Morgan fingerprint density at radius 1 is 1.16 bits per heavy atom. The highest BCUT2D eigenvalue weighted by atomic mass is 35.5. The molecule has 3 amide bonds. The van der Waals surface area contributed by atoms with E-state index in [0.29, 0.717) is 22.3 Å². The number of hydrogen-bond donors (Lipinski definition) is 3. The van der Waals surface area contributed by atoms with E-state index in [9.17, 15) is 14.4 Å². The lowest BCUT2D eigenvalue weighted by molar-refractivity contribution is -0.131. The van der Waals surface area contributed by atoms with Crippen LogP contribution in [0.1, 0.15) is 22.8 Å². The maximum atomic E-state index is 12.6. The Hall–Kier alpha value is -2.85. The number of halogens is 2. The lowest BCUT2D eigenvalue weighted by Crippen LogP contribution is -2.21. The molecule has 0 saturated heterocycles. The summed E-state index contributed by atoms with van der Waals surface area (Å²) in [4.78, 5) is 38.1. The van der Waals surface area contributed by atoms with Crippen molar-refractivity contribution in [1.29, 1.82) is 0 Å². The fourth-order valence-electron chi connectivity index (χ4n) is 3.09. The van der Waals surface area contributed by atoms with Crippen molar-refractivity contribution >= 4 is 73.2 Å². The number of hydrogen-bond acceptors (Lipinski definition) is 6. The van der Waals surface area contributed by atoms with Crippen LogP contribution in [0.5, 0.6) is 5.75 Å². The summed E-state index contributed by atoms with van der Waals surface area (Å²) in [5.41, 5.74) is 7.22. The van der Waals surface area contributed by atoms with Crippen LogP contribution in [-0.2, 0) is 11.3 Å². The van der Waals surface area contributed by atoms with Crippen LogP contribution >= 0.6 is 34.5 Å². The highest BCUT2D eigenvalue weighted by Gasteiger charge is 2.24. The third kappa shape index (κ3) is 5.31. The van der Waals surface area contributed by atoms with Crippen molar-refractivity contribution in [2.75, 3.05) is 24.7 Å². The second kappa shape index (κ2) is 9.74. The molecule has 0 fully saturated rings. The van der Waals surface area contributed by atoms with Crippen LogP contribution in [0.3, 0.4) is 0 Å². The average molecular weight is 495 g/mol. The summed E-state index contributed by atoms with van der Waals surface area (Å²) in [5.74, 6) is -1.40. The Morgan fingerprint density at radius 3 is 2.50 bits per heavy atom. The third-order valence-corrected chi connectivity index (χ3v) is 6.13. The predicted molar refractivity (Wildman–Crippen MR) is 128 cm³/mol. The molecule has 1 heterocycles. The molecular weight excluding hydrogens is 475 g/mol. The monoisotopic (exact) mass is 494 g/mol. The van der Waals surface area contributed by atoms with Gasteiger partial charge in [-0.05, 0) is 37.9 Å². The van der Waals surface area contributed by atoms with Crippen molar-refractivity contribution in [3.05, 3.63) is 51.5 Å². The van der Waals surface area contributed by atoms with Crippen LogP contribution in [0.2, 0.25) is 10.0 Å². The Balaban J connectivity index is 1.93. The molecule has 3 rings (SSSR count). The summed E-state index contributed by atoms with van der Waals surface area (Å²) < 4.78 is 5.47. The lowest BCUT2D eigenvalue weighted by atomic mass is 10.1. The molecule has 0 aliphatic heterocycles. The summed E-state index contributed by atoms with van der Waals surface area (Å²) in [6.45, 7) is 1.92. The molecule has 168 valence electrons. The van der Waals surface area contributed by atoms with Gasteiger partial charge in [-0.2, -0.15) is 0 Å². The zero-order chi connectivity index (χ0) is 23.6. The maximum Gasteiger partial charge on any atom is 0.324 e. The second-order valence-corrected chi connectivity index (χ2v) is 8.97. The smallest absolute Gasteiger partial charge is 0.324 e. The van der Waals surface area contributed by atoms with Gasteiger partial charge in [-0.25, -0.2) is 4.79 Å². The van der Waals surface area contributed by atoms with Crippen molar-refractivity contribution in [2.24, 2.45) is 5.73 Å². The standard InChI is InChI=1S/C21H20Cl2N4O4S/c1-10(28)31-17-14(22)8-13-15(19(24)29)20(32-18(13)16(17)23)26-21(30)25-12-6-4-5-11(7-12)9-27(2)3/h4-8H,9H2,1-3H3,(H2,24,29)(H2,25,26,30). The molecule has 0 aliphatic rings. The van der Waals surface area contributed by atoms with Gasteiger partial charge in [0.25, 0.3) is 5.91 Å². The molecule has 0 atom stereocenters. The van der Waals surface area contributed by atoms with Gasteiger partial charge in [0.15, 0.2) is 5.75 Å². The topological polar surface area (TPSA) is 114 Å². The quantitative estimate of drug-likeness (QED) is 0.331. The molecule has 0 saturated carbocycles. The summed E-state index contributed by atoms with van der Waals surface area (Å²) in [7, 11) is 3.90. The number of primary amides is 1. The molecule has 2 aromatic carbocycles. The molecule has 0 bridgehead atoms. The zero-order valence-corrected chi connectivity index (χ0v) is 19.7. The van der Waals surface area contributed by atoms with Crippen molar-refractivity contribution in [2.45, 2.75) is 13.5 Å². The van der Waals surface area contributed by atoms with Gasteiger partial charge in [0.1, 0.15) is 10.0 Å². The minimum atomic E-state index is -0.771. The first-order chi connectivity index (χ1) is 15.1. The number of amides is 3. The van der Waals surface area contributed by atoms with Crippen LogP contribution in [-0.4, -0.2) is 36.9 Å². The number of fused-ring (bicyclic) bond motifs is 1. The minimum absolute atomic E-state index is 0.0284. The number of carbonyl (C=O) groups excluding carboxylic acids is 3. The predicted octanol–water partition coefficient (Wildman–Crippen LogP) is 4.94. The van der Waals surface area contributed by atoms with Crippen molar-refractivity contribution in [1.82, 2.24) is 4.90 Å². The minimum Gasteiger partial charge on any atom is -0.423 e. The van der Waals surface area contributed by atoms with Crippen LogP contribution < -0.4 is 21.1 Å². The Labute approximate surface area is 198 Å². The number of anilines is 2. The summed E-state index contributed by atoms with van der Waals surface area (Å²) in [6.07, 6.45) is 0. The van der Waals surface area contributed by atoms with Gasteiger partial charge >= 0.3 is 12.0 Å². The fraction of sp³-hybridized carbons (Fsp3) is 0.190. The van der Waals surface area contributed by atoms with E-state index >= 15 is 0 Å². The van der Waals surface area contributed by atoms with Crippen LogP contribution in [0.25, 0.3) is 10.1 Å². The van der Waals surface area contributed by atoms with E-state index in [2.05, 4.69) is 10.6 Å². The number of rotatable bonds is 6. The molecule has 0 radical (unpaired) electrons. The Bertz CT molecular complexity index is 1230. The molecule has 0 spiro atoms. The molecule has 4 N–H and O–H groups in total. The van der Waals surface area contributed by atoms with Gasteiger partial charge in [-0.1, -0.05) is 35.3 Å². The number of thiophene rings is 1. The molecular formula is C21H20Cl2N4O4S. The molecule has 1 aromatic heterocycles. The van der Waals surface area contributed by atoms with E-state index in [0.717, 1.165) is 16.9 Å². The zero-order valence-electron chi connectivity index (χ0n) is 17.4. The number of ether oxygens (including phenoxy) is 1. The fourth-order valence-corrected chi connectivity index (χ4v) is 4.86. The van der Waals surface area contributed by atoms with Gasteiger partial charge in [0, 0.05) is 24.5 Å². The molecule has 0 aliphatic carbocycles. The maximum absolute atomic E-state index is 12.6. The molecule has 3 aromatic rings. The van der Waals surface area contributed by atoms with Crippen molar-refractivity contribution < 1.29 is 19.1 Å². The molecule has 8 nitrogen and oxygen atoms in total. The Morgan fingerprint density at radius 2 is 1.88 bits per heavy atom. The number of nitrogens with two attached hydrogens (primary N) is 1. The van der Waals surface area contributed by atoms with Gasteiger partial charge in [-0.3, -0.25) is 14.9 Å². The molecule has 32 heavy (non-hydrogen) atoms. The van der Waals surface area contributed by atoms with Crippen molar-refractivity contribution in [3.63, 3.8) is 0 Å². The first-order valence-electron chi connectivity index (χ1n) is 9.31. The van der Waals surface area contributed by atoms with E-state index in [4.69, 9.17) is 33.7 Å². The summed E-state index contributed by atoms with van der Waals surface area (Å²) in [6, 6.07) is 8.24. The van der Waals surface area contributed by atoms with E-state index in [-0.39, 0.29) is 26.4 Å². The van der Waals surface area contributed by atoms with E-state index < -0.39 is 17.9 Å². The number of carbonyl (C=O) groups is 3. The third-order valence-electron chi connectivity index (χ3n) is 4.23. The Kier molecular flexibility index (Phi) is 7.25. The lowest BCUT2D eigenvalue weighted by Gasteiger charge is -2.12. The molecule has 11 heteroatoms. The summed E-state index contributed by atoms with van der Waals surface area (Å²) >= 11 is 13.6. The van der Waals surface area contributed by atoms with Gasteiger partial charge in [0.05, 0.1) is 15.3 Å². The SMILES string of the molecule is CC(=O)Oc1c(Cl)cc2c(C(N)=O)c(NC(=O)Nc3cccc(CN(C)C)c3)sc2c1Cl. The first-order valence-corrected chi connectivity index (χ1v) is 10.9. The number of esters is 1. The van der Waals surface area contributed by atoms with E-state index in [1.165, 1.54) is 13.0 Å². The highest BCUT2D eigenvalue weighted by molar-refractivity contribution is 7.24. The van der Waals surface area contributed by atoms with Crippen LogP contribution in [0.15, 0.2) is 30.3 Å². The highest BCUT2D eigenvalue weighted by Crippen LogP contribution is 2.46. The normalized spacial score (nSPS) is 10.9. The molecule has 0 unspecified atom stereocenters. The number of nitrogens with one attached hydrogen (secondary N) is 2. The van der Waals surface area contributed by atoms with Gasteiger partial charge in [-0.15, -0.1) is 11.3 Å². The van der Waals surface area contributed by atoms with Crippen LogP contribution in [0, 0.1) is 0 Å². The van der Waals surface area contributed by atoms with Crippen LogP contribution in [0.4, 0.5) is 15.5 Å². The average Bonchev–Trinajstić information content (AvgIpc) is 3.02. The van der Waals surface area contributed by atoms with E-state index in [1.807, 2.05) is 37.2 Å². The van der Waals surface area contributed by atoms with E-state index in [1.54, 1.807) is 6.07 Å². The second-order valence-electron chi connectivity index (χ2n) is 7.16. The number of nitrogens with zero attached hydrogens (tertiary/aromatic N) is 1. The largest absolute Gasteiger partial charge is 0.423 e. The summed E-state index contributed by atoms with van der Waals surface area (Å²) in [5, 5.41) is 5.99.